The molecule has 2 aromatic carbocycles. The Morgan fingerprint density at radius 1 is 1.14 bits per heavy atom. The monoisotopic (exact) mass is 318 g/mol. The van der Waals surface area contributed by atoms with Gasteiger partial charge in [-0.1, -0.05) is 24.3 Å². The first kappa shape index (κ1) is 16.0. The van der Waals surface area contributed by atoms with Crippen molar-refractivity contribution in [1.82, 2.24) is 5.32 Å². The molecule has 0 aromatic heterocycles. The number of anilines is 1. The smallest absolute Gasteiger partial charge is 0.319 e. The molecule has 6 heteroatoms. The van der Waals surface area contributed by atoms with Gasteiger partial charge in [0.25, 0.3) is 0 Å². The molecule has 0 radical (unpaired) electrons. The minimum Gasteiger partial charge on any atom is -0.497 e. The Labute approximate surface area is 132 Å². The third-order valence-corrected chi connectivity index (χ3v) is 4.28. The summed E-state index contributed by atoms with van der Waals surface area (Å²) in [6, 6.07) is 15.9. The van der Waals surface area contributed by atoms with Gasteiger partial charge in [-0.15, -0.1) is 0 Å². The molecule has 0 heterocycles. The normalized spacial score (nSPS) is 11.5. The maximum atomic E-state index is 12.0. The third kappa shape index (κ3) is 4.89. The number of methoxy groups -OCH3 is 1. The summed E-state index contributed by atoms with van der Waals surface area (Å²) in [6.07, 6.45) is 0. The number of rotatable bonds is 6. The van der Waals surface area contributed by atoms with Crippen molar-refractivity contribution in [2.24, 2.45) is 0 Å². The van der Waals surface area contributed by atoms with Crippen LogP contribution in [0.15, 0.2) is 59.5 Å². The predicted molar refractivity (Wildman–Crippen MR) is 87.7 cm³/mol. The molecular formula is C16H18N2O3S. The van der Waals surface area contributed by atoms with Gasteiger partial charge in [-0.3, -0.25) is 4.21 Å². The first-order valence-corrected chi connectivity index (χ1v) is 8.13. The molecule has 0 aliphatic heterocycles. The molecule has 0 aliphatic carbocycles. The molecular weight excluding hydrogens is 300 g/mol. The summed E-state index contributed by atoms with van der Waals surface area (Å²) in [5.41, 5.74) is 0.640. The van der Waals surface area contributed by atoms with Crippen LogP contribution in [0.25, 0.3) is 0 Å². The Bertz CT molecular complexity index is 647. The van der Waals surface area contributed by atoms with Gasteiger partial charge in [0.15, 0.2) is 0 Å². The largest absolute Gasteiger partial charge is 0.497 e. The van der Waals surface area contributed by atoms with Gasteiger partial charge >= 0.3 is 6.03 Å². The van der Waals surface area contributed by atoms with E-state index in [0.29, 0.717) is 23.7 Å². The van der Waals surface area contributed by atoms with E-state index in [1.165, 1.54) is 0 Å². The Kier molecular flexibility index (Phi) is 5.97. The lowest BCUT2D eigenvalue weighted by molar-refractivity contribution is 0.252. The zero-order chi connectivity index (χ0) is 15.8. The van der Waals surface area contributed by atoms with Gasteiger partial charge in [-0.25, -0.2) is 4.79 Å². The molecule has 5 nitrogen and oxygen atoms in total. The molecule has 2 aromatic rings. The van der Waals surface area contributed by atoms with Crippen LogP contribution in [-0.4, -0.2) is 29.6 Å². The van der Waals surface area contributed by atoms with Gasteiger partial charge in [-0.2, -0.15) is 0 Å². The Morgan fingerprint density at radius 2 is 1.91 bits per heavy atom. The molecule has 0 saturated heterocycles. The molecule has 22 heavy (non-hydrogen) atoms. The van der Waals surface area contributed by atoms with Gasteiger partial charge in [0.2, 0.25) is 0 Å². The fourth-order valence-corrected chi connectivity index (χ4v) is 2.81. The van der Waals surface area contributed by atoms with E-state index >= 15 is 0 Å². The molecule has 116 valence electrons. The second-order valence-corrected chi connectivity index (χ2v) is 6.05. The highest BCUT2D eigenvalue weighted by atomic mass is 32.2. The van der Waals surface area contributed by atoms with E-state index in [4.69, 9.17) is 4.74 Å². The van der Waals surface area contributed by atoms with Crippen LogP contribution in [-0.2, 0) is 10.8 Å². The summed E-state index contributed by atoms with van der Waals surface area (Å²) < 4.78 is 17.1. The SMILES string of the molecule is COc1cccc(NC(=O)NCCS(=O)c2ccccc2)c1. The number of ether oxygens (including phenoxy) is 1. The van der Waals surface area contributed by atoms with Crippen molar-refractivity contribution in [1.29, 1.82) is 0 Å². The van der Waals surface area contributed by atoms with Crippen molar-refractivity contribution in [3.05, 3.63) is 54.6 Å². The zero-order valence-corrected chi connectivity index (χ0v) is 13.1. The van der Waals surface area contributed by atoms with E-state index < -0.39 is 10.8 Å². The van der Waals surface area contributed by atoms with Gasteiger partial charge in [-0.05, 0) is 24.3 Å². The van der Waals surface area contributed by atoms with Crippen molar-refractivity contribution in [2.45, 2.75) is 4.90 Å². The van der Waals surface area contributed by atoms with Crippen LogP contribution in [0.2, 0.25) is 0 Å². The van der Waals surface area contributed by atoms with Crippen LogP contribution >= 0.6 is 0 Å². The first-order valence-electron chi connectivity index (χ1n) is 6.81. The first-order chi connectivity index (χ1) is 10.7. The van der Waals surface area contributed by atoms with E-state index in [0.717, 1.165) is 4.90 Å². The van der Waals surface area contributed by atoms with Crippen LogP contribution in [0.4, 0.5) is 10.5 Å². The summed E-state index contributed by atoms with van der Waals surface area (Å²) in [6.45, 7) is 0.331. The lowest BCUT2D eigenvalue weighted by Gasteiger charge is -2.08. The molecule has 2 amide bonds. The minimum atomic E-state index is -1.11. The van der Waals surface area contributed by atoms with Crippen molar-refractivity contribution in [3.8, 4) is 5.75 Å². The van der Waals surface area contributed by atoms with E-state index in [1.807, 2.05) is 30.3 Å². The number of carbonyl (C=O) groups is 1. The second-order valence-electron chi connectivity index (χ2n) is 4.48. The lowest BCUT2D eigenvalue weighted by Crippen LogP contribution is -2.31. The standard InChI is InChI=1S/C16H18N2O3S/c1-21-14-7-5-6-13(12-14)18-16(19)17-10-11-22(20)15-8-3-2-4-9-15/h2-9,12H,10-11H2,1H3,(H2,17,18,19). The molecule has 0 aliphatic rings. The van der Waals surface area contributed by atoms with E-state index in [2.05, 4.69) is 10.6 Å². The summed E-state index contributed by atoms with van der Waals surface area (Å²) in [7, 11) is 0.454. The quantitative estimate of drug-likeness (QED) is 0.860. The van der Waals surface area contributed by atoms with E-state index in [9.17, 15) is 9.00 Å². The average Bonchev–Trinajstić information content (AvgIpc) is 2.55. The molecule has 0 saturated carbocycles. The number of nitrogens with one attached hydrogen (secondary N) is 2. The number of hydrogen-bond acceptors (Lipinski definition) is 3. The van der Waals surface area contributed by atoms with Crippen molar-refractivity contribution in [3.63, 3.8) is 0 Å². The summed E-state index contributed by atoms with van der Waals surface area (Å²) in [4.78, 5) is 12.5. The number of hydrogen-bond donors (Lipinski definition) is 2. The highest BCUT2D eigenvalue weighted by molar-refractivity contribution is 7.85. The van der Waals surface area contributed by atoms with Crippen LogP contribution in [0, 0.1) is 0 Å². The van der Waals surface area contributed by atoms with Crippen molar-refractivity contribution in [2.75, 3.05) is 24.7 Å². The summed E-state index contributed by atoms with van der Waals surface area (Å²) in [5.74, 6) is 1.04. The zero-order valence-electron chi connectivity index (χ0n) is 12.2. The highest BCUT2D eigenvalue weighted by Gasteiger charge is 2.05. The molecule has 0 fully saturated rings. The Balaban J connectivity index is 1.77. The van der Waals surface area contributed by atoms with Gasteiger partial charge < -0.3 is 15.4 Å². The van der Waals surface area contributed by atoms with Crippen LogP contribution in [0.1, 0.15) is 0 Å². The summed E-state index contributed by atoms with van der Waals surface area (Å²) >= 11 is 0. The van der Waals surface area contributed by atoms with Crippen LogP contribution < -0.4 is 15.4 Å². The van der Waals surface area contributed by atoms with Gasteiger partial charge in [0, 0.05) is 28.9 Å². The fourth-order valence-electron chi connectivity index (χ4n) is 1.82. The van der Waals surface area contributed by atoms with Crippen molar-refractivity contribution < 1.29 is 13.7 Å². The number of carbonyl (C=O) groups excluding carboxylic acids is 1. The fraction of sp³-hybridized carbons (Fsp3) is 0.188. The molecule has 1 atom stereocenters. The van der Waals surface area contributed by atoms with E-state index in [-0.39, 0.29) is 6.03 Å². The predicted octanol–water partition coefficient (Wildman–Crippen LogP) is 2.62. The number of urea groups is 1. The van der Waals surface area contributed by atoms with Crippen LogP contribution in [0.3, 0.4) is 0 Å². The Morgan fingerprint density at radius 3 is 2.64 bits per heavy atom. The molecule has 0 bridgehead atoms. The molecule has 2 N–H and O–H groups in total. The minimum absolute atomic E-state index is 0.331. The summed E-state index contributed by atoms with van der Waals surface area (Å²) in [5, 5.41) is 5.39. The topological polar surface area (TPSA) is 67.4 Å². The second kappa shape index (κ2) is 8.19. The molecule has 1 unspecified atom stereocenters. The maximum absolute atomic E-state index is 12.0. The van der Waals surface area contributed by atoms with Gasteiger partial charge in [0.1, 0.15) is 5.75 Å². The van der Waals surface area contributed by atoms with E-state index in [1.54, 1.807) is 31.4 Å². The maximum Gasteiger partial charge on any atom is 0.319 e. The van der Waals surface area contributed by atoms with Gasteiger partial charge in [0.05, 0.1) is 17.9 Å². The Hall–Kier alpha value is -2.34. The lowest BCUT2D eigenvalue weighted by atomic mass is 10.3. The van der Waals surface area contributed by atoms with Crippen LogP contribution in [0.5, 0.6) is 5.75 Å². The van der Waals surface area contributed by atoms with Crippen molar-refractivity contribution >= 4 is 22.5 Å². The highest BCUT2D eigenvalue weighted by Crippen LogP contribution is 2.16. The average molecular weight is 318 g/mol. The molecule has 2 rings (SSSR count). The molecule has 0 spiro atoms. The number of benzene rings is 2. The number of amides is 2. The third-order valence-electron chi connectivity index (χ3n) is 2.91.